The first-order valence-corrected chi connectivity index (χ1v) is 9.89. The summed E-state index contributed by atoms with van der Waals surface area (Å²) in [6.45, 7) is 1.82. The molecular formula is C25H24N2O2. The highest BCUT2D eigenvalue weighted by Gasteiger charge is 2.16. The van der Waals surface area contributed by atoms with Crippen LogP contribution in [0.3, 0.4) is 0 Å². The number of rotatable bonds is 7. The Kier molecular flexibility index (Phi) is 5.84. The number of fused-ring (bicyclic) bond motifs is 1. The predicted molar refractivity (Wildman–Crippen MR) is 119 cm³/mol. The van der Waals surface area contributed by atoms with Crippen LogP contribution >= 0.6 is 0 Å². The Labute approximate surface area is 170 Å². The van der Waals surface area contributed by atoms with E-state index in [4.69, 9.17) is 10.2 Å². The summed E-state index contributed by atoms with van der Waals surface area (Å²) in [5.41, 5.74) is 10.0. The maximum absolute atomic E-state index is 13.2. The third-order valence-electron chi connectivity index (χ3n) is 5.01. The quantitative estimate of drug-likeness (QED) is 0.458. The molecule has 0 spiro atoms. The lowest BCUT2D eigenvalue weighted by Gasteiger charge is -2.12. The average molecular weight is 384 g/mol. The highest BCUT2D eigenvalue weighted by Crippen LogP contribution is 2.28. The maximum atomic E-state index is 13.2. The monoisotopic (exact) mass is 384 g/mol. The number of hydrogen-bond donors (Lipinski definition) is 2. The van der Waals surface area contributed by atoms with Crippen LogP contribution in [0.2, 0.25) is 0 Å². The van der Waals surface area contributed by atoms with Crippen molar-refractivity contribution in [3.8, 4) is 22.5 Å². The first-order valence-electron chi connectivity index (χ1n) is 9.89. The van der Waals surface area contributed by atoms with Crippen molar-refractivity contribution in [1.29, 1.82) is 0 Å². The Bertz CT molecular complexity index is 1150. The topological polar surface area (TPSA) is 68.3 Å². The number of nitrogens with two attached hydrogens (primary N) is 1. The molecule has 0 unspecified atom stereocenters. The van der Waals surface area contributed by atoms with Gasteiger partial charge in [0.25, 0.3) is 0 Å². The van der Waals surface area contributed by atoms with E-state index in [0.29, 0.717) is 35.4 Å². The van der Waals surface area contributed by atoms with E-state index in [0.717, 1.165) is 29.7 Å². The molecule has 0 fully saturated rings. The minimum atomic E-state index is 0.00855. The second-order valence-electron chi connectivity index (χ2n) is 7.00. The van der Waals surface area contributed by atoms with Crippen molar-refractivity contribution in [2.24, 2.45) is 5.73 Å². The van der Waals surface area contributed by atoms with Gasteiger partial charge in [-0.2, -0.15) is 0 Å². The van der Waals surface area contributed by atoms with E-state index in [1.807, 2.05) is 54.6 Å². The van der Waals surface area contributed by atoms with Gasteiger partial charge in [-0.15, -0.1) is 0 Å². The van der Waals surface area contributed by atoms with Gasteiger partial charge in [0, 0.05) is 12.1 Å². The molecule has 0 radical (unpaired) electrons. The Balaban J connectivity index is 1.76. The molecule has 0 saturated heterocycles. The fourth-order valence-electron chi connectivity index (χ4n) is 3.46. The molecule has 3 aromatic carbocycles. The second kappa shape index (κ2) is 8.86. The molecule has 0 aliphatic carbocycles. The number of hydrogen-bond acceptors (Lipinski definition) is 4. The van der Waals surface area contributed by atoms with Gasteiger partial charge in [-0.25, -0.2) is 0 Å². The molecule has 29 heavy (non-hydrogen) atoms. The Morgan fingerprint density at radius 3 is 2.21 bits per heavy atom. The molecule has 1 heterocycles. The van der Waals surface area contributed by atoms with Crippen LogP contribution in [0, 0.1) is 0 Å². The van der Waals surface area contributed by atoms with Gasteiger partial charge >= 0.3 is 0 Å². The second-order valence-corrected chi connectivity index (χ2v) is 7.00. The Hall–Kier alpha value is -3.21. The van der Waals surface area contributed by atoms with Gasteiger partial charge in [-0.1, -0.05) is 66.7 Å². The van der Waals surface area contributed by atoms with Crippen molar-refractivity contribution < 1.29 is 4.42 Å². The Morgan fingerprint density at radius 2 is 1.45 bits per heavy atom. The van der Waals surface area contributed by atoms with Crippen molar-refractivity contribution in [3.63, 3.8) is 0 Å². The fraction of sp³-hybridized carbons (Fsp3) is 0.160. The molecule has 0 amide bonds. The number of benzene rings is 3. The minimum Gasteiger partial charge on any atom is -0.455 e. The van der Waals surface area contributed by atoms with Gasteiger partial charge < -0.3 is 15.5 Å². The van der Waals surface area contributed by atoms with Crippen LogP contribution in [0.1, 0.15) is 12.0 Å². The maximum Gasteiger partial charge on any atom is 0.197 e. The average Bonchev–Trinajstić information content (AvgIpc) is 2.78. The predicted octanol–water partition coefficient (Wildman–Crippen LogP) is 4.57. The Morgan fingerprint density at radius 1 is 0.793 bits per heavy atom. The fourth-order valence-corrected chi connectivity index (χ4v) is 3.46. The zero-order chi connectivity index (χ0) is 20.1. The standard InChI is InChI=1S/C25H24N2O2/c26-15-6-16-27-17-22-24(28)21-9-4-5-10-23(21)29-25(22)20-13-11-19(12-14-20)18-7-2-1-3-8-18/h1-5,7-14,27H,6,15-17,26H2. The van der Waals surface area contributed by atoms with Crippen LogP contribution < -0.4 is 16.5 Å². The van der Waals surface area contributed by atoms with Crippen molar-refractivity contribution in [1.82, 2.24) is 5.32 Å². The molecule has 146 valence electrons. The minimum absolute atomic E-state index is 0.00855. The normalized spacial score (nSPS) is 11.1. The molecule has 0 bridgehead atoms. The summed E-state index contributed by atoms with van der Waals surface area (Å²) in [7, 11) is 0. The van der Waals surface area contributed by atoms with Gasteiger partial charge in [0.15, 0.2) is 5.43 Å². The van der Waals surface area contributed by atoms with Crippen molar-refractivity contribution in [2.45, 2.75) is 13.0 Å². The number of nitrogens with one attached hydrogen (secondary N) is 1. The van der Waals surface area contributed by atoms with Crippen LogP contribution in [-0.2, 0) is 6.54 Å². The molecule has 4 rings (SSSR count). The van der Waals surface area contributed by atoms with Crippen LogP contribution in [-0.4, -0.2) is 13.1 Å². The van der Waals surface area contributed by atoms with E-state index in [1.54, 1.807) is 0 Å². The van der Waals surface area contributed by atoms with E-state index in [-0.39, 0.29) is 5.43 Å². The van der Waals surface area contributed by atoms with E-state index in [1.165, 1.54) is 0 Å². The smallest absolute Gasteiger partial charge is 0.197 e. The van der Waals surface area contributed by atoms with E-state index in [9.17, 15) is 4.79 Å². The molecule has 0 atom stereocenters. The largest absolute Gasteiger partial charge is 0.455 e. The molecule has 0 aliphatic heterocycles. The van der Waals surface area contributed by atoms with Crippen molar-refractivity contribution in [3.05, 3.63) is 94.6 Å². The lowest BCUT2D eigenvalue weighted by Crippen LogP contribution is -2.23. The molecule has 1 aromatic heterocycles. The third-order valence-corrected chi connectivity index (χ3v) is 5.01. The highest BCUT2D eigenvalue weighted by molar-refractivity contribution is 5.80. The van der Waals surface area contributed by atoms with Crippen LogP contribution in [0.15, 0.2) is 88.1 Å². The van der Waals surface area contributed by atoms with E-state index in [2.05, 4.69) is 29.6 Å². The first-order chi connectivity index (χ1) is 14.3. The van der Waals surface area contributed by atoms with Gasteiger partial charge in [0.2, 0.25) is 0 Å². The molecule has 4 aromatic rings. The zero-order valence-electron chi connectivity index (χ0n) is 16.2. The SMILES string of the molecule is NCCCNCc1c(-c2ccc(-c3ccccc3)cc2)oc2ccccc2c1=O. The summed E-state index contributed by atoms with van der Waals surface area (Å²) >= 11 is 0. The summed E-state index contributed by atoms with van der Waals surface area (Å²) in [5, 5.41) is 3.92. The summed E-state index contributed by atoms with van der Waals surface area (Å²) in [6.07, 6.45) is 0.861. The van der Waals surface area contributed by atoms with Crippen molar-refractivity contribution in [2.75, 3.05) is 13.1 Å². The van der Waals surface area contributed by atoms with Gasteiger partial charge in [0.05, 0.1) is 10.9 Å². The summed E-state index contributed by atoms with van der Waals surface area (Å²) in [5.74, 6) is 0.619. The molecule has 4 nitrogen and oxygen atoms in total. The number of para-hydroxylation sites is 1. The molecule has 3 N–H and O–H groups in total. The first kappa shape index (κ1) is 19.1. The van der Waals surface area contributed by atoms with Crippen LogP contribution in [0.5, 0.6) is 0 Å². The van der Waals surface area contributed by atoms with E-state index >= 15 is 0 Å². The summed E-state index contributed by atoms with van der Waals surface area (Å²) in [6, 6.07) is 25.8. The third kappa shape index (κ3) is 4.14. The van der Waals surface area contributed by atoms with Gasteiger partial charge in [0.1, 0.15) is 11.3 Å². The lowest BCUT2D eigenvalue weighted by atomic mass is 10.0. The summed E-state index contributed by atoms with van der Waals surface area (Å²) < 4.78 is 6.20. The van der Waals surface area contributed by atoms with Crippen molar-refractivity contribution >= 4 is 11.0 Å². The van der Waals surface area contributed by atoms with Crippen LogP contribution in [0.25, 0.3) is 33.4 Å². The highest BCUT2D eigenvalue weighted by atomic mass is 16.3. The molecule has 0 aliphatic rings. The van der Waals surface area contributed by atoms with Gasteiger partial charge in [-0.05, 0) is 42.8 Å². The molecule has 0 saturated carbocycles. The summed E-state index contributed by atoms with van der Waals surface area (Å²) in [4.78, 5) is 13.2. The molecular weight excluding hydrogens is 360 g/mol. The van der Waals surface area contributed by atoms with Crippen LogP contribution in [0.4, 0.5) is 0 Å². The zero-order valence-corrected chi connectivity index (χ0v) is 16.2. The van der Waals surface area contributed by atoms with Gasteiger partial charge in [-0.3, -0.25) is 4.79 Å². The molecule has 4 heteroatoms. The van der Waals surface area contributed by atoms with E-state index < -0.39 is 0 Å². The lowest BCUT2D eigenvalue weighted by molar-refractivity contribution is 0.592.